The zero-order chi connectivity index (χ0) is 8.04. The Morgan fingerprint density at radius 1 is 1.60 bits per heavy atom. The Hall–Kier alpha value is -0.880. The monoisotopic (exact) mass is 165 g/mol. The Kier molecular flexibility index (Phi) is 3.67. The van der Waals surface area contributed by atoms with Crippen molar-refractivity contribution in [2.45, 2.75) is 0 Å². The first-order valence-electron chi connectivity index (χ1n) is 2.32. The minimum absolute atomic E-state index is 0.0133. The zero-order valence-corrected chi connectivity index (χ0v) is 5.93. The van der Waals surface area contributed by atoms with Crippen molar-refractivity contribution >= 4 is 16.5 Å². The molecule has 0 heterocycles. The lowest BCUT2D eigenvalue weighted by molar-refractivity contribution is -0.131. The molecule has 58 valence electrons. The fourth-order valence-electron chi connectivity index (χ4n) is 0.282. The number of sulfonamides is 1. The Morgan fingerprint density at radius 3 is 2.60 bits per heavy atom. The lowest BCUT2D eigenvalue weighted by Gasteiger charge is -1.97. The molecule has 0 spiro atoms. The molecule has 0 fully saturated rings. The number of carbonyl (C=O) groups is 1. The summed E-state index contributed by atoms with van der Waals surface area (Å²) in [5, 5.41) is 0. The summed E-state index contributed by atoms with van der Waals surface area (Å²) in [5.41, 5.74) is 0. The van der Waals surface area contributed by atoms with Crippen molar-refractivity contribution in [2.24, 2.45) is 0 Å². The van der Waals surface area contributed by atoms with Crippen molar-refractivity contribution in [2.75, 3.05) is 5.75 Å². The van der Waals surface area contributed by atoms with Crippen LogP contribution in [-0.2, 0) is 19.7 Å². The van der Waals surface area contributed by atoms with Gasteiger partial charge in [0.25, 0.3) is 0 Å². The number of rotatable bonds is 5. The zero-order valence-electron chi connectivity index (χ0n) is 5.11. The van der Waals surface area contributed by atoms with Crippen LogP contribution < -0.4 is 4.89 Å². The summed E-state index contributed by atoms with van der Waals surface area (Å²) in [6.45, 7) is 3.18. The van der Waals surface area contributed by atoms with E-state index in [-0.39, 0.29) is 12.2 Å². The molecule has 5 nitrogen and oxygen atoms in total. The second-order valence-electron chi connectivity index (χ2n) is 1.37. The van der Waals surface area contributed by atoms with Crippen LogP contribution in [0.1, 0.15) is 0 Å². The van der Waals surface area contributed by atoms with E-state index in [0.29, 0.717) is 0 Å². The van der Waals surface area contributed by atoms with Gasteiger partial charge in [-0.05, 0) is 4.89 Å². The van der Waals surface area contributed by atoms with E-state index in [1.807, 2.05) is 0 Å². The van der Waals surface area contributed by atoms with Gasteiger partial charge in [-0.3, -0.25) is 4.79 Å². The summed E-state index contributed by atoms with van der Waals surface area (Å²) in [6.07, 6.45) is 1.18. The highest BCUT2D eigenvalue weighted by atomic mass is 32.2. The minimum Gasteiger partial charge on any atom is -0.359 e. The summed E-state index contributed by atoms with van der Waals surface area (Å²) in [4.78, 5) is 14.8. The fraction of sp³-hybridized carbons (Fsp3) is 0.250. The molecule has 0 atom stereocenters. The second-order valence-corrected chi connectivity index (χ2v) is 3.10. The van der Waals surface area contributed by atoms with E-state index in [9.17, 15) is 13.2 Å². The second kappa shape index (κ2) is 4.02. The van der Waals surface area contributed by atoms with Gasteiger partial charge in [-0.1, -0.05) is 6.08 Å². The number of carbonyl (C=O) groups excluding carboxylic acids is 1. The van der Waals surface area contributed by atoms with Crippen LogP contribution in [0.5, 0.6) is 0 Å². The molecule has 0 aromatic heterocycles. The Bertz CT molecular complexity index is 207. The molecule has 0 saturated carbocycles. The normalized spacial score (nSPS) is 10.4. The molecule has 1 N–H and O–H groups in total. The molecular weight excluding hydrogens is 158 g/mol. The van der Waals surface area contributed by atoms with Crippen molar-refractivity contribution in [3.63, 3.8) is 0 Å². The van der Waals surface area contributed by atoms with E-state index in [1.54, 1.807) is 4.89 Å². The van der Waals surface area contributed by atoms with Gasteiger partial charge in [-0.15, -0.1) is 6.58 Å². The average Bonchev–Trinajstić information content (AvgIpc) is 1.84. The highest BCUT2D eigenvalue weighted by Crippen LogP contribution is 1.82. The van der Waals surface area contributed by atoms with Gasteiger partial charge in [0, 0.05) is 0 Å². The van der Waals surface area contributed by atoms with Gasteiger partial charge in [-0.25, -0.2) is 8.42 Å². The van der Waals surface area contributed by atoms with Crippen LogP contribution in [0.2, 0.25) is 0 Å². The first-order chi connectivity index (χ1) is 4.62. The van der Waals surface area contributed by atoms with Gasteiger partial charge < -0.3 is 4.84 Å². The molecule has 0 rings (SSSR count). The van der Waals surface area contributed by atoms with Crippen LogP contribution in [0.25, 0.3) is 0 Å². The molecule has 10 heavy (non-hydrogen) atoms. The standard InChI is InChI=1S/C4H7NO4S/c1-2-3-10(7,8)5-9-4-6/h2,4-5H,1,3H2. The highest BCUT2D eigenvalue weighted by Gasteiger charge is 2.05. The van der Waals surface area contributed by atoms with Crippen molar-refractivity contribution in [3.05, 3.63) is 12.7 Å². The molecule has 0 bridgehead atoms. The first kappa shape index (κ1) is 9.12. The minimum atomic E-state index is -3.52. The van der Waals surface area contributed by atoms with E-state index >= 15 is 0 Å². The summed E-state index contributed by atoms with van der Waals surface area (Å²) in [7, 11) is -3.52. The lowest BCUT2D eigenvalue weighted by Crippen LogP contribution is -2.25. The quantitative estimate of drug-likeness (QED) is 0.328. The van der Waals surface area contributed by atoms with E-state index < -0.39 is 10.0 Å². The van der Waals surface area contributed by atoms with Gasteiger partial charge in [0.2, 0.25) is 10.0 Å². The number of hydrogen-bond acceptors (Lipinski definition) is 4. The highest BCUT2D eigenvalue weighted by molar-refractivity contribution is 7.89. The Labute approximate surface area is 58.7 Å². The van der Waals surface area contributed by atoms with Crippen LogP contribution in [0, 0.1) is 0 Å². The molecule has 0 aliphatic carbocycles. The van der Waals surface area contributed by atoms with Crippen molar-refractivity contribution in [1.82, 2.24) is 4.89 Å². The number of nitrogens with one attached hydrogen (secondary N) is 1. The van der Waals surface area contributed by atoms with Crippen LogP contribution in [-0.4, -0.2) is 20.6 Å². The van der Waals surface area contributed by atoms with Crippen molar-refractivity contribution in [1.29, 1.82) is 0 Å². The Balaban J connectivity index is 3.87. The van der Waals surface area contributed by atoms with Gasteiger partial charge in [0.15, 0.2) is 0 Å². The summed E-state index contributed by atoms with van der Waals surface area (Å²) in [6, 6.07) is 0. The third kappa shape index (κ3) is 4.04. The van der Waals surface area contributed by atoms with E-state index in [0.717, 1.165) is 0 Å². The van der Waals surface area contributed by atoms with Gasteiger partial charge >= 0.3 is 6.47 Å². The van der Waals surface area contributed by atoms with Crippen LogP contribution >= 0.6 is 0 Å². The molecule has 0 aromatic carbocycles. The first-order valence-corrected chi connectivity index (χ1v) is 3.97. The van der Waals surface area contributed by atoms with Gasteiger partial charge in [0.1, 0.15) is 0 Å². The summed E-state index contributed by atoms with van der Waals surface area (Å²) in [5.74, 6) is -0.277. The maximum atomic E-state index is 10.5. The average molecular weight is 165 g/mol. The third-order valence-electron chi connectivity index (χ3n) is 0.560. The van der Waals surface area contributed by atoms with Gasteiger partial charge in [-0.2, -0.15) is 0 Å². The van der Waals surface area contributed by atoms with Crippen LogP contribution in [0.15, 0.2) is 12.7 Å². The molecule has 0 saturated heterocycles. The fourth-order valence-corrected chi connectivity index (χ4v) is 0.846. The molecule has 0 aliphatic rings. The molecule has 0 radical (unpaired) electrons. The molecule has 6 heteroatoms. The van der Waals surface area contributed by atoms with E-state index in [4.69, 9.17) is 0 Å². The lowest BCUT2D eigenvalue weighted by atomic mass is 10.8. The third-order valence-corrected chi connectivity index (χ3v) is 1.59. The maximum Gasteiger partial charge on any atom is 0.314 e. The smallest absolute Gasteiger partial charge is 0.314 e. The molecular formula is C4H7NO4S. The number of hydrogen-bond donors (Lipinski definition) is 1. The van der Waals surface area contributed by atoms with Crippen molar-refractivity contribution < 1.29 is 18.0 Å². The predicted molar refractivity (Wildman–Crippen MR) is 34.3 cm³/mol. The van der Waals surface area contributed by atoms with E-state index in [2.05, 4.69) is 11.4 Å². The molecule has 0 amide bonds. The largest absolute Gasteiger partial charge is 0.359 e. The molecule has 0 unspecified atom stereocenters. The van der Waals surface area contributed by atoms with Gasteiger partial charge in [0.05, 0.1) is 5.75 Å². The SMILES string of the molecule is C=CCS(=O)(=O)NOC=O. The summed E-state index contributed by atoms with van der Waals surface area (Å²) < 4.78 is 21.0. The molecule has 0 aromatic rings. The van der Waals surface area contributed by atoms with Crippen molar-refractivity contribution in [3.8, 4) is 0 Å². The van der Waals surface area contributed by atoms with Crippen LogP contribution in [0.4, 0.5) is 0 Å². The molecule has 0 aliphatic heterocycles. The van der Waals surface area contributed by atoms with Crippen LogP contribution in [0.3, 0.4) is 0 Å². The Morgan fingerprint density at radius 2 is 2.20 bits per heavy atom. The topological polar surface area (TPSA) is 72.5 Å². The van der Waals surface area contributed by atoms with E-state index in [1.165, 1.54) is 6.08 Å². The predicted octanol–water partition coefficient (Wildman–Crippen LogP) is -0.820. The maximum absolute atomic E-state index is 10.5. The summed E-state index contributed by atoms with van der Waals surface area (Å²) >= 11 is 0.